The van der Waals surface area contributed by atoms with Crippen molar-refractivity contribution in [1.29, 1.82) is 0 Å². The molecule has 0 saturated carbocycles. The molecule has 0 saturated heterocycles. The third kappa shape index (κ3) is 9.14. The monoisotopic (exact) mass is 456 g/mol. The SMILES string of the molecule is CC(=O)c1ccc(NC(=O)O[C@@H](CCC/C=C/C(=O)NO)c2ccc(OCCO)cc2)cc1. The van der Waals surface area contributed by atoms with Gasteiger partial charge in [0.15, 0.2) is 5.78 Å². The van der Waals surface area contributed by atoms with E-state index in [0.717, 1.165) is 5.56 Å². The number of ketones is 1. The first-order chi connectivity index (χ1) is 15.9. The summed E-state index contributed by atoms with van der Waals surface area (Å²) in [6, 6.07) is 13.5. The molecule has 9 nitrogen and oxygen atoms in total. The van der Waals surface area contributed by atoms with Gasteiger partial charge in [-0.3, -0.25) is 20.1 Å². The second-order valence-electron chi connectivity index (χ2n) is 7.10. The Bertz CT molecular complexity index is 940. The summed E-state index contributed by atoms with van der Waals surface area (Å²) in [5, 5.41) is 20.0. The van der Waals surface area contributed by atoms with E-state index in [-0.39, 0.29) is 19.0 Å². The molecule has 2 amide bonds. The number of Topliss-reactive ketones (excluding diaryl/α,β-unsaturated/α-hetero) is 1. The van der Waals surface area contributed by atoms with Crippen LogP contribution in [0, 0.1) is 0 Å². The summed E-state index contributed by atoms with van der Waals surface area (Å²) in [5.74, 6) is -0.0999. The zero-order valence-electron chi connectivity index (χ0n) is 18.3. The lowest BCUT2D eigenvalue weighted by atomic mass is 10.0. The summed E-state index contributed by atoms with van der Waals surface area (Å²) in [6.45, 7) is 1.55. The Balaban J connectivity index is 2.03. The van der Waals surface area contributed by atoms with Crippen LogP contribution in [0.2, 0.25) is 0 Å². The van der Waals surface area contributed by atoms with Crippen LogP contribution in [0.3, 0.4) is 0 Å². The summed E-state index contributed by atoms with van der Waals surface area (Å²) < 4.78 is 11.0. The minimum atomic E-state index is -0.647. The van der Waals surface area contributed by atoms with Gasteiger partial charge in [-0.1, -0.05) is 18.2 Å². The van der Waals surface area contributed by atoms with E-state index in [9.17, 15) is 14.4 Å². The van der Waals surface area contributed by atoms with Gasteiger partial charge < -0.3 is 14.6 Å². The maximum absolute atomic E-state index is 12.5. The van der Waals surface area contributed by atoms with Crippen LogP contribution in [0.4, 0.5) is 10.5 Å². The molecule has 0 aliphatic heterocycles. The first-order valence-electron chi connectivity index (χ1n) is 10.5. The summed E-state index contributed by atoms with van der Waals surface area (Å²) in [5.41, 5.74) is 3.31. The molecule has 0 fully saturated rings. The van der Waals surface area contributed by atoms with Gasteiger partial charge in [0.2, 0.25) is 0 Å². The van der Waals surface area contributed by atoms with Crippen molar-refractivity contribution in [3.05, 3.63) is 71.8 Å². The highest BCUT2D eigenvalue weighted by Gasteiger charge is 2.17. The number of hydrogen-bond acceptors (Lipinski definition) is 7. The fourth-order valence-corrected chi connectivity index (χ4v) is 2.95. The number of benzene rings is 2. The lowest BCUT2D eigenvalue weighted by Gasteiger charge is -2.19. The fourth-order valence-electron chi connectivity index (χ4n) is 2.95. The number of unbranched alkanes of at least 4 members (excludes halogenated alkanes) is 1. The van der Waals surface area contributed by atoms with Crippen molar-refractivity contribution in [2.24, 2.45) is 0 Å². The molecular weight excluding hydrogens is 428 g/mol. The van der Waals surface area contributed by atoms with Gasteiger partial charge in [-0.15, -0.1) is 0 Å². The van der Waals surface area contributed by atoms with E-state index >= 15 is 0 Å². The summed E-state index contributed by atoms with van der Waals surface area (Å²) in [7, 11) is 0. The molecular formula is C24H28N2O7. The number of aliphatic hydroxyl groups excluding tert-OH is 1. The minimum absolute atomic E-state index is 0.0684. The van der Waals surface area contributed by atoms with Crippen molar-refractivity contribution < 1.29 is 34.2 Å². The quantitative estimate of drug-likeness (QED) is 0.126. The third-order valence-electron chi connectivity index (χ3n) is 4.62. The van der Waals surface area contributed by atoms with Crippen molar-refractivity contribution in [3.8, 4) is 5.75 Å². The Morgan fingerprint density at radius 2 is 1.76 bits per heavy atom. The number of amides is 2. The van der Waals surface area contributed by atoms with E-state index in [1.807, 2.05) is 0 Å². The van der Waals surface area contributed by atoms with Gasteiger partial charge in [0, 0.05) is 17.3 Å². The van der Waals surface area contributed by atoms with E-state index in [2.05, 4.69) is 5.32 Å². The van der Waals surface area contributed by atoms with Crippen LogP contribution in [-0.4, -0.2) is 41.3 Å². The van der Waals surface area contributed by atoms with Crippen molar-refractivity contribution in [3.63, 3.8) is 0 Å². The number of hydroxylamine groups is 1. The summed E-state index contributed by atoms with van der Waals surface area (Å²) >= 11 is 0. The zero-order chi connectivity index (χ0) is 24.1. The lowest BCUT2D eigenvalue weighted by Crippen LogP contribution is -2.18. The molecule has 1 atom stereocenters. The minimum Gasteiger partial charge on any atom is -0.491 e. The van der Waals surface area contributed by atoms with Gasteiger partial charge >= 0.3 is 6.09 Å². The number of carbonyl (C=O) groups excluding carboxylic acids is 3. The number of carbonyl (C=O) groups is 3. The normalized spacial score (nSPS) is 11.6. The molecule has 4 N–H and O–H groups in total. The molecule has 0 aromatic heterocycles. The Morgan fingerprint density at radius 1 is 1.06 bits per heavy atom. The molecule has 0 bridgehead atoms. The Kier molecular flexibility index (Phi) is 10.6. The summed E-state index contributed by atoms with van der Waals surface area (Å²) in [6.07, 6.45) is 3.27. The Hall–Kier alpha value is -3.69. The number of ether oxygens (including phenoxy) is 2. The van der Waals surface area contributed by atoms with Crippen LogP contribution in [0.25, 0.3) is 0 Å². The van der Waals surface area contributed by atoms with E-state index in [1.165, 1.54) is 18.5 Å². The average molecular weight is 456 g/mol. The first-order valence-corrected chi connectivity index (χ1v) is 10.5. The molecule has 0 radical (unpaired) electrons. The van der Waals surface area contributed by atoms with Crippen molar-refractivity contribution in [2.45, 2.75) is 32.3 Å². The number of aliphatic hydroxyl groups is 1. The van der Waals surface area contributed by atoms with Gasteiger partial charge in [0.1, 0.15) is 18.5 Å². The van der Waals surface area contributed by atoms with Crippen LogP contribution >= 0.6 is 0 Å². The fraction of sp³-hybridized carbons (Fsp3) is 0.292. The van der Waals surface area contributed by atoms with Crippen LogP contribution in [0.15, 0.2) is 60.7 Å². The zero-order valence-corrected chi connectivity index (χ0v) is 18.3. The molecule has 0 spiro atoms. The number of nitrogens with one attached hydrogen (secondary N) is 2. The van der Waals surface area contributed by atoms with Crippen molar-refractivity contribution in [2.75, 3.05) is 18.5 Å². The number of rotatable bonds is 12. The van der Waals surface area contributed by atoms with E-state index < -0.39 is 18.1 Å². The standard InChI is InChI=1S/C24H28N2O7/c1-17(28)18-7-11-20(12-8-18)25-24(30)33-22(5-3-2-4-6-23(29)26-31)19-9-13-21(14-10-19)32-16-15-27/h4,6-14,22,27,31H,2-3,5,15-16H2,1H3,(H,25,30)(H,26,29)/b6-4+/t22-/m0/s1. The van der Waals surface area contributed by atoms with Crippen molar-refractivity contribution >= 4 is 23.5 Å². The highest BCUT2D eigenvalue weighted by Crippen LogP contribution is 2.26. The first kappa shape index (κ1) is 25.6. The number of hydrogen-bond donors (Lipinski definition) is 4. The Labute approximate surface area is 192 Å². The molecule has 2 rings (SSSR count). The van der Waals surface area contributed by atoms with Crippen molar-refractivity contribution in [1.82, 2.24) is 5.48 Å². The average Bonchev–Trinajstić information content (AvgIpc) is 2.82. The number of allylic oxidation sites excluding steroid dienone is 1. The van der Waals surface area contributed by atoms with E-state index in [4.69, 9.17) is 19.8 Å². The molecule has 9 heteroatoms. The Morgan fingerprint density at radius 3 is 2.36 bits per heavy atom. The van der Waals surface area contributed by atoms with Gasteiger partial charge in [-0.2, -0.15) is 0 Å². The predicted molar refractivity (Wildman–Crippen MR) is 121 cm³/mol. The largest absolute Gasteiger partial charge is 0.491 e. The number of anilines is 1. The molecule has 0 aliphatic rings. The van der Waals surface area contributed by atoms with Gasteiger partial charge in [0.25, 0.3) is 5.91 Å². The van der Waals surface area contributed by atoms with Gasteiger partial charge in [-0.05, 0) is 68.1 Å². The predicted octanol–water partition coefficient (Wildman–Crippen LogP) is 3.78. The smallest absolute Gasteiger partial charge is 0.412 e. The van der Waals surface area contributed by atoms with E-state index in [1.54, 1.807) is 54.6 Å². The third-order valence-corrected chi connectivity index (χ3v) is 4.62. The molecule has 33 heavy (non-hydrogen) atoms. The molecule has 2 aromatic rings. The highest BCUT2D eigenvalue weighted by atomic mass is 16.6. The maximum Gasteiger partial charge on any atom is 0.412 e. The molecule has 2 aromatic carbocycles. The van der Waals surface area contributed by atoms with Crippen LogP contribution in [0.1, 0.15) is 48.2 Å². The molecule has 0 aliphatic carbocycles. The molecule has 176 valence electrons. The van der Waals surface area contributed by atoms with Gasteiger partial charge in [0.05, 0.1) is 6.61 Å². The maximum atomic E-state index is 12.5. The highest BCUT2D eigenvalue weighted by molar-refractivity contribution is 5.95. The van der Waals surface area contributed by atoms with Crippen LogP contribution in [-0.2, 0) is 9.53 Å². The topological polar surface area (TPSA) is 134 Å². The lowest BCUT2D eigenvalue weighted by molar-refractivity contribution is -0.124. The van der Waals surface area contributed by atoms with Gasteiger partial charge in [-0.25, -0.2) is 10.3 Å². The summed E-state index contributed by atoms with van der Waals surface area (Å²) in [4.78, 5) is 34.9. The van der Waals surface area contributed by atoms with Crippen LogP contribution < -0.4 is 15.5 Å². The molecule has 0 heterocycles. The second kappa shape index (κ2) is 13.7. The second-order valence-corrected chi connectivity index (χ2v) is 7.10. The van der Waals surface area contributed by atoms with E-state index in [0.29, 0.717) is 36.3 Å². The van der Waals surface area contributed by atoms with Crippen LogP contribution in [0.5, 0.6) is 5.75 Å². The molecule has 0 unspecified atom stereocenters.